The van der Waals surface area contributed by atoms with E-state index in [0.29, 0.717) is 22.2 Å². The number of anilines is 1. The van der Waals surface area contributed by atoms with E-state index >= 15 is 0 Å². The van der Waals surface area contributed by atoms with Crippen LogP contribution in [0.25, 0.3) is 0 Å². The molecule has 1 aliphatic carbocycles. The topological polar surface area (TPSA) is 55.4 Å². The number of nitrogens with one attached hydrogen (secondary N) is 1. The first-order valence-electron chi connectivity index (χ1n) is 8.72. The first-order valence-corrected chi connectivity index (χ1v) is 10.7. The predicted octanol–water partition coefficient (Wildman–Crippen LogP) is 4.53. The van der Waals surface area contributed by atoms with E-state index in [4.69, 9.17) is 4.74 Å². The number of ether oxygens (including phenoxy) is 1. The van der Waals surface area contributed by atoms with E-state index in [9.17, 15) is 9.59 Å². The van der Waals surface area contributed by atoms with Crippen LogP contribution in [0, 0.1) is 5.92 Å². The molecule has 1 amide bonds. The Bertz CT molecular complexity index is 786. The van der Waals surface area contributed by atoms with E-state index in [1.54, 1.807) is 11.8 Å². The van der Waals surface area contributed by atoms with Gasteiger partial charge in [0.15, 0.2) is 0 Å². The maximum absolute atomic E-state index is 12.4. The van der Waals surface area contributed by atoms with Crippen LogP contribution in [0.3, 0.4) is 0 Å². The molecule has 0 saturated heterocycles. The average molecular weight is 390 g/mol. The van der Waals surface area contributed by atoms with Gasteiger partial charge in [-0.3, -0.25) is 4.79 Å². The van der Waals surface area contributed by atoms with E-state index in [1.807, 2.05) is 18.2 Å². The van der Waals surface area contributed by atoms with Crippen molar-refractivity contribution in [2.75, 3.05) is 18.2 Å². The summed E-state index contributed by atoms with van der Waals surface area (Å²) in [6.07, 6.45) is 2.90. The molecule has 0 spiro atoms. The van der Waals surface area contributed by atoms with Crippen molar-refractivity contribution in [1.82, 2.24) is 0 Å². The molecule has 1 heterocycles. The molecule has 0 fully saturated rings. The van der Waals surface area contributed by atoms with Crippen molar-refractivity contribution in [2.24, 2.45) is 5.92 Å². The molecule has 1 unspecified atom stereocenters. The molecule has 0 saturated carbocycles. The molecule has 1 aliphatic rings. The van der Waals surface area contributed by atoms with E-state index in [0.717, 1.165) is 30.6 Å². The number of rotatable bonds is 6. The van der Waals surface area contributed by atoms with Gasteiger partial charge >= 0.3 is 5.97 Å². The van der Waals surface area contributed by atoms with Gasteiger partial charge in [0.05, 0.1) is 18.4 Å². The number of hydrogen-bond acceptors (Lipinski definition) is 5. The Balaban J connectivity index is 1.66. The van der Waals surface area contributed by atoms with Gasteiger partial charge in [-0.1, -0.05) is 37.3 Å². The minimum atomic E-state index is -0.357. The molecular weight excluding hydrogens is 366 g/mol. The fraction of sp³-hybridized carbons (Fsp3) is 0.400. The molecule has 1 atom stereocenters. The van der Waals surface area contributed by atoms with Gasteiger partial charge in [0.2, 0.25) is 5.91 Å². The van der Waals surface area contributed by atoms with Crippen LogP contribution in [0.1, 0.15) is 39.7 Å². The van der Waals surface area contributed by atoms with Gasteiger partial charge in [0.1, 0.15) is 5.00 Å². The summed E-state index contributed by atoms with van der Waals surface area (Å²) in [4.78, 5) is 25.8. The lowest BCUT2D eigenvalue weighted by Crippen LogP contribution is -2.17. The summed E-state index contributed by atoms with van der Waals surface area (Å²) in [6, 6.07) is 10.1. The van der Waals surface area contributed by atoms with Gasteiger partial charge in [-0.15, -0.1) is 23.1 Å². The molecular formula is C20H23NO3S2. The first kappa shape index (κ1) is 19.0. The van der Waals surface area contributed by atoms with Crippen LogP contribution in [0.4, 0.5) is 5.00 Å². The van der Waals surface area contributed by atoms with Crippen LogP contribution >= 0.6 is 23.1 Å². The summed E-state index contributed by atoms with van der Waals surface area (Å²) in [6.45, 7) is 2.22. The molecule has 1 aromatic heterocycles. The fourth-order valence-electron chi connectivity index (χ4n) is 3.16. The lowest BCUT2D eigenvalue weighted by Gasteiger charge is -2.18. The number of fused-ring (bicyclic) bond motifs is 1. The zero-order chi connectivity index (χ0) is 18.5. The van der Waals surface area contributed by atoms with Gasteiger partial charge in [0.25, 0.3) is 0 Å². The maximum Gasteiger partial charge on any atom is 0.341 e. The van der Waals surface area contributed by atoms with Crippen LogP contribution in [0.15, 0.2) is 30.3 Å². The average Bonchev–Trinajstić information content (AvgIpc) is 2.98. The number of benzene rings is 1. The molecule has 6 heteroatoms. The van der Waals surface area contributed by atoms with E-state index in [2.05, 4.69) is 24.4 Å². The predicted molar refractivity (Wildman–Crippen MR) is 108 cm³/mol. The Hall–Kier alpha value is -1.79. The van der Waals surface area contributed by atoms with Crippen LogP contribution in [-0.4, -0.2) is 24.7 Å². The summed E-state index contributed by atoms with van der Waals surface area (Å²) in [5.74, 6) is 1.31. The second-order valence-electron chi connectivity index (χ2n) is 6.57. The smallest absolute Gasteiger partial charge is 0.341 e. The highest BCUT2D eigenvalue weighted by Crippen LogP contribution is 2.40. The normalized spacial score (nSPS) is 16.0. The number of amides is 1. The van der Waals surface area contributed by atoms with Gasteiger partial charge < -0.3 is 10.1 Å². The minimum absolute atomic E-state index is 0.0808. The van der Waals surface area contributed by atoms with Gasteiger partial charge in [-0.05, 0) is 36.3 Å². The molecule has 1 N–H and O–H groups in total. The number of hydrogen-bond donors (Lipinski definition) is 1. The Kier molecular flexibility index (Phi) is 6.38. The van der Waals surface area contributed by atoms with Crippen LogP contribution in [0.2, 0.25) is 0 Å². The van der Waals surface area contributed by atoms with Gasteiger partial charge in [-0.2, -0.15) is 0 Å². The SMILES string of the molecule is COC(=O)c1c(NC(=O)CSCc2ccccc2)sc2c1CCC(C)C2. The largest absolute Gasteiger partial charge is 0.465 e. The summed E-state index contributed by atoms with van der Waals surface area (Å²) in [7, 11) is 1.39. The van der Waals surface area contributed by atoms with Crippen molar-refractivity contribution in [3.05, 3.63) is 51.9 Å². The number of carbonyl (C=O) groups is 2. The zero-order valence-corrected chi connectivity index (χ0v) is 16.7. The number of thiophene rings is 1. The van der Waals surface area contributed by atoms with Crippen molar-refractivity contribution < 1.29 is 14.3 Å². The third kappa shape index (κ3) is 4.48. The van der Waals surface area contributed by atoms with Crippen LogP contribution in [0.5, 0.6) is 0 Å². The van der Waals surface area contributed by atoms with E-state index < -0.39 is 0 Å². The highest BCUT2D eigenvalue weighted by Gasteiger charge is 2.28. The Morgan fingerprint density at radius 2 is 2.08 bits per heavy atom. The Labute approximate surface area is 162 Å². The molecule has 3 rings (SSSR count). The van der Waals surface area contributed by atoms with Crippen molar-refractivity contribution in [3.8, 4) is 0 Å². The second kappa shape index (κ2) is 8.73. The van der Waals surface area contributed by atoms with Gasteiger partial charge in [0, 0.05) is 10.6 Å². The monoisotopic (exact) mass is 389 g/mol. The second-order valence-corrected chi connectivity index (χ2v) is 8.66. The summed E-state index contributed by atoms with van der Waals surface area (Å²) >= 11 is 3.09. The third-order valence-corrected chi connectivity index (χ3v) is 6.67. The van der Waals surface area contributed by atoms with Crippen molar-refractivity contribution in [2.45, 2.75) is 31.9 Å². The summed E-state index contributed by atoms with van der Waals surface area (Å²) in [5, 5.41) is 3.58. The molecule has 1 aromatic carbocycles. The Morgan fingerprint density at radius 1 is 1.31 bits per heavy atom. The summed E-state index contributed by atoms with van der Waals surface area (Å²) < 4.78 is 4.96. The number of methoxy groups -OCH3 is 1. The third-order valence-electron chi connectivity index (χ3n) is 4.50. The minimum Gasteiger partial charge on any atom is -0.465 e. The molecule has 2 aromatic rings. The zero-order valence-electron chi connectivity index (χ0n) is 15.0. The molecule has 0 aliphatic heterocycles. The summed E-state index contributed by atoms with van der Waals surface area (Å²) in [5.41, 5.74) is 2.81. The van der Waals surface area contributed by atoms with E-state index in [1.165, 1.54) is 28.9 Å². The number of thioether (sulfide) groups is 1. The van der Waals surface area contributed by atoms with Crippen LogP contribution < -0.4 is 5.32 Å². The molecule has 26 heavy (non-hydrogen) atoms. The Morgan fingerprint density at radius 3 is 2.81 bits per heavy atom. The number of esters is 1. The highest BCUT2D eigenvalue weighted by atomic mass is 32.2. The lowest BCUT2D eigenvalue weighted by molar-refractivity contribution is -0.113. The van der Waals surface area contributed by atoms with E-state index in [-0.39, 0.29) is 11.9 Å². The molecule has 0 radical (unpaired) electrons. The molecule has 138 valence electrons. The van der Waals surface area contributed by atoms with Crippen molar-refractivity contribution in [1.29, 1.82) is 0 Å². The fourth-order valence-corrected chi connectivity index (χ4v) is 5.36. The molecule has 4 nitrogen and oxygen atoms in total. The first-order chi connectivity index (χ1) is 12.6. The quantitative estimate of drug-likeness (QED) is 0.738. The maximum atomic E-state index is 12.4. The standard InChI is InChI=1S/C20H23NO3S2/c1-13-8-9-15-16(10-13)26-19(18(15)20(23)24-2)21-17(22)12-25-11-14-6-4-3-5-7-14/h3-7,13H,8-12H2,1-2H3,(H,21,22). The highest BCUT2D eigenvalue weighted by molar-refractivity contribution is 7.99. The number of carbonyl (C=O) groups excluding carboxylic acids is 2. The van der Waals surface area contributed by atoms with Gasteiger partial charge in [-0.25, -0.2) is 4.79 Å². The molecule has 0 bridgehead atoms. The lowest BCUT2D eigenvalue weighted by atomic mass is 9.88. The van der Waals surface area contributed by atoms with Crippen LogP contribution in [-0.2, 0) is 28.1 Å². The van der Waals surface area contributed by atoms with Crippen molar-refractivity contribution in [3.63, 3.8) is 0 Å². The van der Waals surface area contributed by atoms with Crippen molar-refractivity contribution >= 4 is 40.0 Å².